The van der Waals surface area contributed by atoms with Gasteiger partial charge in [0.2, 0.25) is 0 Å². The molecule has 1 saturated heterocycles. The molecular formula is C23H48N2. The summed E-state index contributed by atoms with van der Waals surface area (Å²) in [5.41, 5.74) is 0. The van der Waals surface area contributed by atoms with Crippen LogP contribution in [0.15, 0.2) is 0 Å². The van der Waals surface area contributed by atoms with Crippen LogP contribution in [0, 0.1) is 5.92 Å². The van der Waals surface area contributed by atoms with Gasteiger partial charge in [-0.1, -0.05) is 73.1 Å². The lowest BCUT2D eigenvalue weighted by Gasteiger charge is -2.48. The Morgan fingerprint density at radius 1 is 0.720 bits per heavy atom. The van der Waals surface area contributed by atoms with E-state index in [1.165, 1.54) is 96.8 Å². The normalized spacial score (nSPS) is 23.9. The summed E-state index contributed by atoms with van der Waals surface area (Å²) < 4.78 is 0. The Morgan fingerprint density at radius 3 is 1.84 bits per heavy atom. The molecule has 2 nitrogen and oxygen atoms in total. The number of unbranched alkanes of at least 4 members (excludes halogenated alkanes) is 4. The maximum atomic E-state index is 2.94. The molecule has 0 spiro atoms. The van der Waals surface area contributed by atoms with Gasteiger partial charge in [0.1, 0.15) is 0 Å². The maximum Gasteiger partial charge on any atom is 0.0224 e. The van der Waals surface area contributed by atoms with Crippen molar-refractivity contribution in [3.8, 4) is 0 Å². The van der Waals surface area contributed by atoms with Crippen molar-refractivity contribution in [3.63, 3.8) is 0 Å². The van der Waals surface area contributed by atoms with E-state index >= 15 is 0 Å². The fourth-order valence-corrected chi connectivity index (χ4v) is 4.68. The first kappa shape index (κ1) is 23.0. The van der Waals surface area contributed by atoms with Crippen LogP contribution in [0.1, 0.15) is 105 Å². The van der Waals surface area contributed by atoms with Gasteiger partial charge in [-0.15, -0.1) is 0 Å². The summed E-state index contributed by atoms with van der Waals surface area (Å²) in [4.78, 5) is 5.67. The number of hydrogen-bond acceptors (Lipinski definition) is 2. The highest BCUT2D eigenvalue weighted by molar-refractivity contribution is 4.89. The minimum absolute atomic E-state index is 0.782. The Kier molecular flexibility index (Phi) is 12.9. The van der Waals surface area contributed by atoms with Gasteiger partial charge in [-0.3, -0.25) is 4.90 Å². The number of piperazine rings is 1. The number of hydrogen-bond donors (Lipinski definition) is 0. The Labute approximate surface area is 159 Å². The molecule has 3 atom stereocenters. The molecule has 25 heavy (non-hydrogen) atoms. The van der Waals surface area contributed by atoms with E-state index in [4.69, 9.17) is 0 Å². The molecule has 0 aromatic heterocycles. The minimum Gasteiger partial charge on any atom is -0.300 e. The fraction of sp³-hybridized carbons (Fsp3) is 1.00. The van der Waals surface area contributed by atoms with Gasteiger partial charge in [0.05, 0.1) is 0 Å². The van der Waals surface area contributed by atoms with Gasteiger partial charge in [-0.05, 0) is 44.6 Å². The van der Waals surface area contributed by atoms with Gasteiger partial charge < -0.3 is 4.90 Å². The van der Waals surface area contributed by atoms with Crippen molar-refractivity contribution in [3.05, 3.63) is 0 Å². The molecule has 1 aliphatic heterocycles. The zero-order valence-electron chi connectivity index (χ0n) is 18.2. The van der Waals surface area contributed by atoms with Gasteiger partial charge in [0.15, 0.2) is 0 Å². The predicted molar refractivity (Wildman–Crippen MR) is 113 cm³/mol. The Hall–Kier alpha value is -0.0800. The van der Waals surface area contributed by atoms with Crippen molar-refractivity contribution < 1.29 is 0 Å². The molecule has 2 heteroatoms. The first-order chi connectivity index (χ1) is 12.2. The molecule has 0 aromatic carbocycles. The van der Waals surface area contributed by atoms with E-state index in [0.717, 1.165) is 18.0 Å². The smallest absolute Gasteiger partial charge is 0.0224 e. The molecule has 0 bridgehead atoms. The van der Waals surface area contributed by atoms with Crippen LogP contribution in [0.5, 0.6) is 0 Å². The van der Waals surface area contributed by atoms with E-state index in [-0.39, 0.29) is 0 Å². The van der Waals surface area contributed by atoms with Crippen LogP contribution >= 0.6 is 0 Å². The van der Waals surface area contributed by atoms with E-state index in [1.54, 1.807) is 0 Å². The standard InChI is InChI=1S/C23H48N2/c1-6-11-13-14-16-21(15-12-7-2)18-25-22(9-4)19-24(17-8-3)20-23(25)10-5/h21-23H,6-20H2,1-5H3/t21?,22-,23+. The topological polar surface area (TPSA) is 6.48 Å². The molecule has 0 aliphatic carbocycles. The van der Waals surface area contributed by atoms with Crippen molar-refractivity contribution in [2.75, 3.05) is 26.2 Å². The zero-order chi connectivity index (χ0) is 18.5. The largest absolute Gasteiger partial charge is 0.300 e. The summed E-state index contributed by atoms with van der Waals surface area (Å²) in [6.07, 6.45) is 15.3. The van der Waals surface area contributed by atoms with Crippen LogP contribution < -0.4 is 0 Å². The highest BCUT2D eigenvalue weighted by atomic mass is 15.3. The lowest BCUT2D eigenvalue weighted by atomic mass is 9.91. The van der Waals surface area contributed by atoms with E-state index in [2.05, 4.69) is 44.4 Å². The van der Waals surface area contributed by atoms with Gasteiger partial charge in [0.25, 0.3) is 0 Å². The minimum atomic E-state index is 0.782. The summed E-state index contributed by atoms with van der Waals surface area (Å²) in [7, 11) is 0. The van der Waals surface area contributed by atoms with Crippen LogP contribution in [0.4, 0.5) is 0 Å². The lowest BCUT2D eigenvalue weighted by molar-refractivity contribution is 0.00669. The molecule has 1 unspecified atom stereocenters. The summed E-state index contributed by atoms with van der Waals surface area (Å²) in [6, 6.07) is 1.56. The molecule has 0 amide bonds. The molecule has 1 heterocycles. The third kappa shape index (κ3) is 8.43. The predicted octanol–water partition coefficient (Wildman–Crippen LogP) is 6.35. The summed E-state index contributed by atoms with van der Waals surface area (Å²) in [5, 5.41) is 0. The quantitative estimate of drug-likeness (QED) is 0.336. The first-order valence-corrected chi connectivity index (χ1v) is 11.7. The van der Waals surface area contributed by atoms with Gasteiger partial charge in [0, 0.05) is 31.7 Å². The maximum absolute atomic E-state index is 2.94. The monoisotopic (exact) mass is 352 g/mol. The summed E-state index contributed by atoms with van der Waals surface area (Å²) in [5.74, 6) is 0.928. The molecule has 1 fully saturated rings. The first-order valence-electron chi connectivity index (χ1n) is 11.7. The van der Waals surface area contributed by atoms with Crippen molar-refractivity contribution in [1.29, 1.82) is 0 Å². The van der Waals surface area contributed by atoms with E-state index in [1.807, 2.05) is 0 Å². The summed E-state index contributed by atoms with van der Waals surface area (Å²) in [6.45, 7) is 17.1. The second kappa shape index (κ2) is 14.0. The van der Waals surface area contributed by atoms with Crippen molar-refractivity contribution in [2.45, 2.75) is 117 Å². The van der Waals surface area contributed by atoms with Crippen molar-refractivity contribution >= 4 is 0 Å². The van der Waals surface area contributed by atoms with Gasteiger partial charge >= 0.3 is 0 Å². The highest BCUT2D eigenvalue weighted by Crippen LogP contribution is 2.26. The fourth-order valence-electron chi connectivity index (χ4n) is 4.68. The molecular weight excluding hydrogens is 304 g/mol. The molecule has 150 valence electrons. The van der Waals surface area contributed by atoms with E-state index < -0.39 is 0 Å². The SMILES string of the molecule is CCCCCCC(CCCC)CN1[C@H](CC)CN(CCC)C[C@@H]1CC. The third-order valence-corrected chi connectivity index (χ3v) is 6.26. The Morgan fingerprint density at radius 2 is 1.32 bits per heavy atom. The Bertz CT molecular complexity index is 290. The van der Waals surface area contributed by atoms with Crippen LogP contribution in [-0.2, 0) is 0 Å². The molecule has 0 N–H and O–H groups in total. The second-order valence-corrected chi connectivity index (χ2v) is 8.44. The third-order valence-electron chi connectivity index (χ3n) is 6.26. The van der Waals surface area contributed by atoms with Crippen LogP contribution in [-0.4, -0.2) is 48.1 Å². The zero-order valence-corrected chi connectivity index (χ0v) is 18.2. The number of nitrogens with zero attached hydrogens (tertiary/aromatic N) is 2. The Balaban J connectivity index is 2.66. The second-order valence-electron chi connectivity index (χ2n) is 8.44. The molecule has 0 saturated carbocycles. The van der Waals surface area contributed by atoms with Gasteiger partial charge in [-0.2, -0.15) is 0 Å². The van der Waals surface area contributed by atoms with Crippen LogP contribution in [0.25, 0.3) is 0 Å². The summed E-state index contributed by atoms with van der Waals surface area (Å²) >= 11 is 0. The van der Waals surface area contributed by atoms with E-state index in [9.17, 15) is 0 Å². The molecule has 0 radical (unpaired) electrons. The molecule has 1 rings (SSSR count). The molecule has 1 aliphatic rings. The van der Waals surface area contributed by atoms with E-state index in [0.29, 0.717) is 0 Å². The lowest BCUT2D eigenvalue weighted by Crippen LogP contribution is -2.59. The van der Waals surface area contributed by atoms with Crippen molar-refractivity contribution in [2.24, 2.45) is 5.92 Å². The average molecular weight is 353 g/mol. The average Bonchev–Trinajstić information content (AvgIpc) is 2.63. The van der Waals surface area contributed by atoms with Crippen LogP contribution in [0.2, 0.25) is 0 Å². The van der Waals surface area contributed by atoms with Crippen molar-refractivity contribution in [1.82, 2.24) is 9.80 Å². The highest BCUT2D eigenvalue weighted by Gasteiger charge is 2.33. The van der Waals surface area contributed by atoms with Gasteiger partial charge in [-0.25, -0.2) is 0 Å². The number of rotatable bonds is 14. The molecule has 0 aromatic rings. The van der Waals surface area contributed by atoms with Crippen LogP contribution in [0.3, 0.4) is 0 Å².